The maximum absolute atomic E-state index is 12.5. The van der Waals surface area contributed by atoms with E-state index in [9.17, 15) is 9.59 Å². The zero-order valence-corrected chi connectivity index (χ0v) is 14.9. The molecule has 1 N–H and O–H groups in total. The molecule has 2 aliphatic rings. The molecule has 1 aliphatic heterocycles. The summed E-state index contributed by atoms with van der Waals surface area (Å²) >= 11 is 1.61. The van der Waals surface area contributed by atoms with Crippen LogP contribution in [0.2, 0.25) is 0 Å². The Morgan fingerprint density at radius 3 is 2.88 bits per heavy atom. The zero-order chi connectivity index (χ0) is 17.2. The van der Waals surface area contributed by atoms with E-state index < -0.39 is 0 Å². The van der Waals surface area contributed by atoms with E-state index in [1.165, 1.54) is 12.8 Å². The standard InChI is InChI=1S/C18H22N4O2S/c23-17(11-15-6-3-9-25-15)21-7-8-22-14(12-21)10-16(20-22)18(24)19-13-4-1-2-5-13/h3,6,9-10,13H,1-2,4-5,7-8,11-12H2,(H,19,24). The average molecular weight is 358 g/mol. The molecule has 2 aromatic heterocycles. The number of rotatable bonds is 4. The quantitative estimate of drug-likeness (QED) is 0.911. The number of amides is 2. The number of nitrogens with one attached hydrogen (secondary N) is 1. The van der Waals surface area contributed by atoms with E-state index >= 15 is 0 Å². The molecule has 2 aromatic rings. The number of thiophene rings is 1. The van der Waals surface area contributed by atoms with Crippen molar-refractivity contribution >= 4 is 23.2 Å². The number of aromatic nitrogens is 2. The van der Waals surface area contributed by atoms with Gasteiger partial charge in [-0.3, -0.25) is 14.3 Å². The smallest absolute Gasteiger partial charge is 0.272 e. The van der Waals surface area contributed by atoms with Crippen molar-refractivity contribution in [1.82, 2.24) is 20.0 Å². The maximum Gasteiger partial charge on any atom is 0.272 e. The van der Waals surface area contributed by atoms with Crippen molar-refractivity contribution in [1.29, 1.82) is 0 Å². The molecule has 0 saturated heterocycles. The largest absolute Gasteiger partial charge is 0.348 e. The zero-order valence-electron chi connectivity index (χ0n) is 14.1. The van der Waals surface area contributed by atoms with Gasteiger partial charge in [0, 0.05) is 17.5 Å². The number of carbonyl (C=O) groups is 2. The van der Waals surface area contributed by atoms with E-state index in [2.05, 4.69) is 10.4 Å². The summed E-state index contributed by atoms with van der Waals surface area (Å²) in [6, 6.07) is 6.07. The van der Waals surface area contributed by atoms with Crippen LogP contribution < -0.4 is 5.32 Å². The Bertz CT molecular complexity index is 762. The van der Waals surface area contributed by atoms with E-state index in [0.29, 0.717) is 31.7 Å². The van der Waals surface area contributed by atoms with Crippen LogP contribution in [0.25, 0.3) is 0 Å². The summed E-state index contributed by atoms with van der Waals surface area (Å²) in [6.07, 6.45) is 4.94. The van der Waals surface area contributed by atoms with E-state index in [4.69, 9.17) is 0 Å². The summed E-state index contributed by atoms with van der Waals surface area (Å²) in [5.41, 5.74) is 1.40. The monoisotopic (exact) mass is 358 g/mol. The van der Waals surface area contributed by atoms with Gasteiger partial charge in [-0.05, 0) is 30.4 Å². The fourth-order valence-corrected chi connectivity index (χ4v) is 4.29. The van der Waals surface area contributed by atoms with Gasteiger partial charge >= 0.3 is 0 Å². The molecule has 25 heavy (non-hydrogen) atoms. The van der Waals surface area contributed by atoms with Gasteiger partial charge in [0.2, 0.25) is 5.91 Å². The van der Waals surface area contributed by atoms with Gasteiger partial charge in [-0.1, -0.05) is 18.9 Å². The first kappa shape index (κ1) is 16.3. The molecule has 0 aromatic carbocycles. The number of fused-ring (bicyclic) bond motifs is 1. The number of nitrogens with zero attached hydrogens (tertiary/aromatic N) is 3. The second kappa shape index (κ2) is 7.00. The van der Waals surface area contributed by atoms with Crippen molar-refractivity contribution in [2.45, 2.75) is 51.2 Å². The van der Waals surface area contributed by atoms with E-state index in [-0.39, 0.29) is 17.9 Å². The third-order valence-electron chi connectivity index (χ3n) is 4.98. The maximum atomic E-state index is 12.5. The lowest BCUT2D eigenvalue weighted by atomic mass is 10.2. The van der Waals surface area contributed by atoms with Crippen LogP contribution in [0.4, 0.5) is 0 Å². The lowest BCUT2D eigenvalue weighted by molar-refractivity contribution is -0.131. The minimum atomic E-state index is -0.0923. The Morgan fingerprint density at radius 2 is 2.12 bits per heavy atom. The van der Waals surface area contributed by atoms with Gasteiger partial charge in [-0.25, -0.2) is 0 Å². The minimum Gasteiger partial charge on any atom is -0.348 e. The topological polar surface area (TPSA) is 67.2 Å². The van der Waals surface area contributed by atoms with E-state index in [0.717, 1.165) is 23.4 Å². The summed E-state index contributed by atoms with van der Waals surface area (Å²) in [7, 11) is 0. The average Bonchev–Trinajstić information content (AvgIpc) is 3.35. The number of hydrogen-bond donors (Lipinski definition) is 1. The van der Waals surface area contributed by atoms with Crippen LogP contribution in [0.1, 0.15) is 46.7 Å². The summed E-state index contributed by atoms with van der Waals surface area (Å²) in [4.78, 5) is 27.8. The van der Waals surface area contributed by atoms with Crippen molar-refractivity contribution in [3.8, 4) is 0 Å². The molecule has 0 bridgehead atoms. The lowest BCUT2D eigenvalue weighted by Gasteiger charge is -2.27. The van der Waals surface area contributed by atoms with Crippen LogP contribution in [0.15, 0.2) is 23.6 Å². The lowest BCUT2D eigenvalue weighted by Crippen LogP contribution is -2.39. The normalized spacial score (nSPS) is 17.5. The van der Waals surface area contributed by atoms with Crippen molar-refractivity contribution in [2.75, 3.05) is 6.54 Å². The van der Waals surface area contributed by atoms with Crippen LogP contribution >= 0.6 is 11.3 Å². The number of carbonyl (C=O) groups excluding carboxylic acids is 2. The molecular formula is C18H22N4O2S. The molecular weight excluding hydrogens is 336 g/mol. The molecule has 6 nitrogen and oxygen atoms in total. The summed E-state index contributed by atoms with van der Waals surface area (Å²) in [5.74, 6) is 0.0390. The van der Waals surface area contributed by atoms with Crippen LogP contribution in [0.5, 0.6) is 0 Å². The van der Waals surface area contributed by atoms with E-state index in [1.54, 1.807) is 11.3 Å². The molecule has 1 aliphatic carbocycles. The Labute approximate surface area is 150 Å². The van der Waals surface area contributed by atoms with Gasteiger partial charge in [0.15, 0.2) is 5.69 Å². The summed E-state index contributed by atoms with van der Waals surface area (Å²) in [5, 5.41) is 9.49. The fraction of sp³-hybridized carbons (Fsp3) is 0.500. The SMILES string of the molecule is O=C(NC1CCCC1)c1cc2n(n1)CCN(C(=O)Cc1cccs1)C2. The summed E-state index contributed by atoms with van der Waals surface area (Å²) < 4.78 is 1.86. The molecule has 7 heteroatoms. The van der Waals surface area contributed by atoms with Gasteiger partial charge in [-0.2, -0.15) is 5.10 Å². The minimum absolute atomic E-state index is 0.0923. The first-order valence-electron chi connectivity index (χ1n) is 8.87. The van der Waals surface area contributed by atoms with Gasteiger partial charge in [0.1, 0.15) is 0 Å². The van der Waals surface area contributed by atoms with Crippen molar-refractivity contribution in [2.24, 2.45) is 0 Å². The van der Waals surface area contributed by atoms with Crippen LogP contribution in [0, 0.1) is 0 Å². The highest BCUT2D eigenvalue weighted by Gasteiger charge is 2.25. The van der Waals surface area contributed by atoms with Gasteiger partial charge in [-0.15, -0.1) is 11.3 Å². The molecule has 0 unspecified atom stereocenters. The van der Waals surface area contributed by atoms with Crippen molar-refractivity contribution < 1.29 is 9.59 Å². The van der Waals surface area contributed by atoms with Crippen molar-refractivity contribution in [3.63, 3.8) is 0 Å². The first-order valence-corrected chi connectivity index (χ1v) is 9.75. The molecule has 0 spiro atoms. The third kappa shape index (κ3) is 3.61. The van der Waals surface area contributed by atoms with Gasteiger partial charge in [0.25, 0.3) is 5.91 Å². The highest BCUT2D eigenvalue weighted by atomic mass is 32.1. The molecule has 0 radical (unpaired) electrons. The second-order valence-electron chi connectivity index (χ2n) is 6.77. The predicted octanol–water partition coefficient (Wildman–Crippen LogP) is 2.20. The van der Waals surface area contributed by atoms with Gasteiger partial charge in [0.05, 0.1) is 25.2 Å². The Kier molecular flexibility index (Phi) is 4.57. The van der Waals surface area contributed by atoms with E-state index in [1.807, 2.05) is 33.2 Å². The van der Waals surface area contributed by atoms with Crippen LogP contribution in [-0.2, 0) is 24.3 Å². The molecule has 2 amide bonds. The predicted molar refractivity (Wildman–Crippen MR) is 95.4 cm³/mol. The second-order valence-corrected chi connectivity index (χ2v) is 7.80. The number of hydrogen-bond acceptors (Lipinski definition) is 4. The molecule has 1 fully saturated rings. The third-order valence-corrected chi connectivity index (χ3v) is 5.86. The first-order chi connectivity index (χ1) is 12.2. The van der Waals surface area contributed by atoms with Crippen LogP contribution in [0.3, 0.4) is 0 Å². The highest BCUT2D eigenvalue weighted by molar-refractivity contribution is 7.10. The van der Waals surface area contributed by atoms with Crippen LogP contribution in [-0.4, -0.2) is 39.1 Å². The molecule has 0 atom stereocenters. The Morgan fingerprint density at radius 1 is 1.28 bits per heavy atom. The molecule has 1 saturated carbocycles. The molecule has 4 rings (SSSR count). The molecule has 3 heterocycles. The highest BCUT2D eigenvalue weighted by Crippen LogP contribution is 2.19. The van der Waals surface area contributed by atoms with Crippen molar-refractivity contribution in [3.05, 3.63) is 39.8 Å². The molecule has 132 valence electrons. The Balaban J connectivity index is 1.40. The fourth-order valence-electron chi connectivity index (χ4n) is 3.59. The Hall–Kier alpha value is -2.15. The summed E-state index contributed by atoms with van der Waals surface area (Å²) in [6.45, 7) is 1.80. The van der Waals surface area contributed by atoms with Gasteiger partial charge < -0.3 is 10.2 Å².